The average molecular weight is 406 g/mol. The number of nitrogens with zero attached hydrogens (tertiary/aromatic N) is 2. The van der Waals surface area contributed by atoms with Gasteiger partial charge in [0, 0.05) is 0 Å². The van der Waals surface area contributed by atoms with Crippen molar-refractivity contribution in [1.82, 2.24) is 9.55 Å². The number of esters is 1. The fraction of sp³-hybridized carbons (Fsp3) is 0.125. The average Bonchev–Trinajstić information content (AvgIpc) is 2.95. The molecule has 3 rings (SSSR count). The van der Waals surface area contributed by atoms with Gasteiger partial charge in [-0.15, -0.1) is 0 Å². The van der Waals surface area contributed by atoms with Crippen LogP contribution >= 0.6 is 34.8 Å². The van der Waals surface area contributed by atoms with Crippen molar-refractivity contribution < 1.29 is 18.3 Å². The van der Waals surface area contributed by atoms with Crippen molar-refractivity contribution in [3.63, 3.8) is 0 Å². The molecule has 0 radical (unpaired) electrons. The molecule has 130 valence electrons. The second kappa shape index (κ2) is 7.15. The first-order valence-electron chi connectivity index (χ1n) is 6.94. The third-order valence-electron chi connectivity index (χ3n) is 3.44. The van der Waals surface area contributed by atoms with Gasteiger partial charge in [0.05, 0.1) is 31.7 Å². The molecule has 25 heavy (non-hydrogen) atoms. The lowest BCUT2D eigenvalue weighted by Gasteiger charge is -2.10. The summed E-state index contributed by atoms with van der Waals surface area (Å²) in [5.74, 6) is -0.982. The summed E-state index contributed by atoms with van der Waals surface area (Å²) in [6.07, 6.45) is 0. The Morgan fingerprint density at radius 1 is 1.12 bits per heavy atom. The Hall–Kier alpha value is -1.89. The number of hydrogen-bond acceptors (Lipinski definition) is 3. The number of fused-ring (bicyclic) bond motifs is 1. The molecule has 0 amide bonds. The van der Waals surface area contributed by atoms with Crippen LogP contribution in [0.3, 0.4) is 0 Å². The highest BCUT2D eigenvalue weighted by atomic mass is 35.5. The monoisotopic (exact) mass is 404 g/mol. The summed E-state index contributed by atoms with van der Waals surface area (Å²) < 4.78 is 32.5. The fourth-order valence-electron chi connectivity index (χ4n) is 2.33. The lowest BCUT2D eigenvalue weighted by molar-refractivity contribution is 0.0388. The minimum absolute atomic E-state index is 0.0433. The molecular formula is C16H9Cl3F2N2O2. The zero-order chi connectivity index (χ0) is 18.1. The van der Waals surface area contributed by atoms with E-state index in [0.29, 0.717) is 10.1 Å². The second-order valence-electron chi connectivity index (χ2n) is 4.96. The van der Waals surface area contributed by atoms with Crippen molar-refractivity contribution >= 4 is 51.8 Å². The van der Waals surface area contributed by atoms with Gasteiger partial charge in [-0.3, -0.25) is 4.57 Å². The van der Waals surface area contributed by atoms with Gasteiger partial charge in [-0.2, -0.15) is 8.78 Å². The largest absolute Gasteiger partial charge is 0.454 e. The molecule has 2 aromatic carbocycles. The van der Waals surface area contributed by atoms with E-state index in [4.69, 9.17) is 39.5 Å². The molecule has 0 spiro atoms. The van der Waals surface area contributed by atoms with Crippen molar-refractivity contribution in [2.45, 2.75) is 13.2 Å². The van der Waals surface area contributed by atoms with Crippen molar-refractivity contribution in [1.29, 1.82) is 0 Å². The number of carbonyl (C=O) groups is 1. The van der Waals surface area contributed by atoms with Crippen LogP contribution in [-0.4, -0.2) is 15.5 Å². The highest BCUT2D eigenvalue weighted by Crippen LogP contribution is 2.32. The first kappa shape index (κ1) is 17.9. The lowest BCUT2D eigenvalue weighted by Crippen LogP contribution is -2.11. The molecule has 0 saturated heterocycles. The molecule has 0 atom stereocenters. The van der Waals surface area contributed by atoms with E-state index < -0.39 is 19.1 Å². The van der Waals surface area contributed by atoms with Crippen molar-refractivity contribution in [2.75, 3.05) is 0 Å². The van der Waals surface area contributed by atoms with E-state index in [2.05, 4.69) is 4.98 Å². The van der Waals surface area contributed by atoms with Crippen LogP contribution in [0.5, 0.6) is 0 Å². The van der Waals surface area contributed by atoms with E-state index in [9.17, 15) is 13.6 Å². The van der Waals surface area contributed by atoms with Gasteiger partial charge in [0.15, 0.2) is 5.82 Å². The standard InChI is InChI=1S/C16H9Cl3F2N2O2/c17-8-5-6-9(18)14(19)13(8)15(24)25-7-12-22-10-3-1-2-4-11(10)23(12)16(20)21/h1-6,16H,7H2. The normalized spacial score (nSPS) is 11.3. The van der Waals surface area contributed by atoms with Crippen LogP contribution in [0.2, 0.25) is 15.1 Å². The topological polar surface area (TPSA) is 44.1 Å². The predicted octanol–water partition coefficient (Wildman–Crippen LogP) is 5.75. The first-order valence-corrected chi connectivity index (χ1v) is 8.08. The third kappa shape index (κ3) is 3.42. The van der Waals surface area contributed by atoms with Crippen LogP contribution in [0.1, 0.15) is 22.7 Å². The van der Waals surface area contributed by atoms with E-state index in [1.54, 1.807) is 18.2 Å². The van der Waals surface area contributed by atoms with Crippen LogP contribution < -0.4 is 0 Å². The highest BCUT2D eigenvalue weighted by Gasteiger charge is 2.22. The summed E-state index contributed by atoms with van der Waals surface area (Å²) in [5.41, 5.74) is 0.477. The van der Waals surface area contributed by atoms with Gasteiger partial charge in [0.1, 0.15) is 6.61 Å². The Bertz CT molecular complexity index is 960. The summed E-state index contributed by atoms with van der Waals surface area (Å²) in [4.78, 5) is 16.3. The van der Waals surface area contributed by atoms with Gasteiger partial charge in [-0.1, -0.05) is 46.9 Å². The summed E-state index contributed by atoms with van der Waals surface area (Å²) in [5, 5.41) is 0.0983. The second-order valence-corrected chi connectivity index (χ2v) is 6.15. The Morgan fingerprint density at radius 3 is 2.52 bits per heavy atom. The number of halogens is 5. The molecule has 0 fully saturated rings. The van der Waals surface area contributed by atoms with Crippen molar-refractivity contribution in [3.05, 3.63) is 62.9 Å². The predicted molar refractivity (Wildman–Crippen MR) is 91.6 cm³/mol. The van der Waals surface area contributed by atoms with Gasteiger partial charge in [0.25, 0.3) is 0 Å². The molecule has 0 unspecified atom stereocenters. The number of para-hydroxylation sites is 2. The zero-order valence-electron chi connectivity index (χ0n) is 12.3. The lowest BCUT2D eigenvalue weighted by atomic mass is 10.2. The summed E-state index contributed by atoms with van der Waals surface area (Å²) >= 11 is 17.8. The van der Waals surface area contributed by atoms with Gasteiger partial charge in [0.2, 0.25) is 0 Å². The molecule has 9 heteroatoms. The molecule has 0 aliphatic carbocycles. The van der Waals surface area contributed by atoms with Gasteiger partial charge in [-0.25, -0.2) is 9.78 Å². The maximum Gasteiger partial charge on any atom is 0.341 e. The summed E-state index contributed by atoms with van der Waals surface area (Å²) in [6.45, 7) is -3.31. The summed E-state index contributed by atoms with van der Waals surface area (Å²) in [6, 6.07) is 9.20. The van der Waals surface area contributed by atoms with Crippen molar-refractivity contribution in [3.8, 4) is 0 Å². The SMILES string of the molecule is O=C(OCc1nc2ccccc2n1C(F)F)c1c(Cl)ccc(Cl)c1Cl. The Balaban J connectivity index is 1.90. The number of imidazole rings is 1. The maximum absolute atomic E-state index is 13.3. The van der Waals surface area contributed by atoms with Crippen LogP contribution in [0.25, 0.3) is 11.0 Å². The minimum atomic E-state index is -2.83. The highest BCUT2D eigenvalue weighted by molar-refractivity contribution is 6.46. The maximum atomic E-state index is 13.3. The minimum Gasteiger partial charge on any atom is -0.454 e. The summed E-state index contributed by atoms with van der Waals surface area (Å²) in [7, 11) is 0. The fourth-order valence-corrected chi connectivity index (χ4v) is 3.01. The van der Waals surface area contributed by atoms with Crippen LogP contribution in [-0.2, 0) is 11.3 Å². The number of alkyl halides is 2. The van der Waals surface area contributed by atoms with E-state index in [1.807, 2.05) is 0 Å². The van der Waals surface area contributed by atoms with Crippen LogP contribution in [0.15, 0.2) is 36.4 Å². The quantitative estimate of drug-likeness (QED) is 0.410. The van der Waals surface area contributed by atoms with Gasteiger partial charge >= 0.3 is 12.5 Å². The molecule has 4 nitrogen and oxygen atoms in total. The van der Waals surface area contributed by atoms with E-state index in [1.165, 1.54) is 18.2 Å². The molecular weight excluding hydrogens is 397 g/mol. The molecule has 1 aromatic heterocycles. The molecule has 0 bridgehead atoms. The molecule has 0 aliphatic rings. The third-order valence-corrected chi connectivity index (χ3v) is 4.56. The zero-order valence-corrected chi connectivity index (χ0v) is 14.6. The number of aromatic nitrogens is 2. The van der Waals surface area contributed by atoms with Gasteiger partial charge in [-0.05, 0) is 24.3 Å². The smallest absolute Gasteiger partial charge is 0.341 e. The molecule has 0 N–H and O–H groups in total. The Labute approximate surface area is 155 Å². The number of benzene rings is 2. The van der Waals surface area contributed by atoms with Crippen LogP contribution in [0.4, 0.5) is 8.78 Å². The van der Waals surface area contributed by atoms with Crippen LogP contribution in [0, 0.1) is 0 Å². The molecule has 0 aliphatic heterocycles. The Morgan fingerprint density at radius 2 is 1.80 bits per heavy atom. The number of hydrogen-bond donors (Lipinski definition) is 0. The van der Waals surface area contributed by atoms with E-state index >= 15 is 0 Å². The number of rotatable bonds is 4. The Kier molecular flexibility index (Phi) is 5.13. The van der Waals surface area contributed by atoms with E-state index in [-0.39, 0.29) is 32.0 Å². The molecule has 0 saturated carbocycles. The number of carbonyl (C=O) groups excluding carboxylic acids is 1. The molecule has 1 heterocycles. The first-order chi connectivity index (χ1) is 11.9. The molecule has 3 aromatic rings. The van der Waals surface area contributed by atoms with Crippen molar-refractivity contribution in [2.24, 2.45) is 0 Å². The van der Waals surface area contributed by atoms with E-state index in [0.717, 1.165) is 0 Å². The van der Waals surface area contributed by atoms with Gasteiger partial charge < -0.3 is 4.74 Å². The number of ether oxygens (including phenoxy) is 1.